The van der Waals surface area contributed by atoms with Crippen molar-refractivity contribution in [3.63, 3.8) is 0 Å². The van der Waals surface area contributed by atoms with Crippen LogP contribution in [0, 0.1) is 5.92 Å². The Bertz CT molecular complexity index is 403. The van der Waals surface area contributed by atoms with Crippen LogP contribution < -0.4 is 0 Å². The van der Waals surface area contributed by atoms with Crippen molar-refractivity contribution in [2.24, 2.45) is 5.92 Å². The van der Waals surface area contributed by atoms with Crippen LogP contribution in [0.5, 0.6) is 0 Å². The molecule has 1 fully saturated rings. The second-order valence-corrected chi connectivity index (χ2v) is 4.98. The molecule has 0 atom stereocenters. The maximum atomic E-state index is 11.3. The lowest BCUT2D eigenvalue weighted by atomic mass is 9.80. The normalized spacial score (nSPS) is 24.8. The Morgan fingerprint density at radius 1 is 1.41 bits per heavy atom. The fraction of sp³-hybridized carbons (Fsp3) is 0.692. The van der Waals surface area contributed by atoms with Crippen molar-refractivity contribution in [2.45, 2.75) is 51.9 Å². The molecule has 1 saturated carbocycles. The minimum absolute atomic E-state index is 0.265. The first-order valence-corrected chi connectivity index (χ1v) is 6.35. The molecule has 0 unspecified atom stereocenters. The van der Waals surface area contributed by atoms with Crippen LogP contribution in [0.25, 0.3) is 0 Å². The number of hydrogen-bond acceptors (Lipinski definition) is 3. The number of carbonyl (C=O) groups is 1. The van der Waals surface area contributed by atoms with Crippen LogP contribution in [-0.4, -0.2) is 16.2 Å². The van der Waals surface area contributed by atoms with Gasteiger partial charge in [0.2, 0.25) is 0 Å². The number of rotatable bonds is 3. The van der Waals surface area contributed by atoms with E-state index in [9.17, 15) is 9.90 Å². The lowest BCUT2D eigenvalue weighted by molar-refractivity contribution is 0.0692. The monoisotopic (exact) mass is 237 g/mol. The van der Waals surface area contributed by atoms with Crippen LogP contribution in [0.15, 0.2) is 4.52 Å². The smallest absolute Gasteiger partial charge is 0.341 e. The summed E-state index contributed by atoms with van der Waals surface area (Å²) >= 11 is 0. The van der Waals surface area contributed by atoms with Crippen molar-refractivity contribution >= 4 is 5.97 Å². The highest BCUT2D eigenvalue weighted by Crippen LogP contribution is 2.37. The summed E-state index contributed by atoms with van der Waals surface area (Å²) in [6.07, 6.45) is 4.93. The van der Waals surface area contributed by atoms with E-state index in [2.05, 4.69) is 12.1 Å². The number of carboxylic acids is 1. The van der Waals surface area contributed by atoms with E-state index < -0.39 is 5.97 Å². The van der Waals surface area contributed by atoms with Gasteiger partial charge in [-0.1, -0.05) is 31.8 Å². The van der Waals surface area contributed by atoms with E-state index in [-0.39, 0.29) is 5.92 Å². The molecule has 2 rings (SSSR count). The highest BCUT2D eigenvalue weighted by Gasteiger charge is 2.29. The zero-order valence-electron chi connectivity index (χ0n) is 10.4. The molecule has 1 aliphatic rings. The van der Waals surface area contributed by atoms with E-state index in [0.29, 0.717) is 23.4 Å². The van der Waals surface area contributed by atoms with E-state index in [1.54, 1.807) is 0 Å². The molecular formula is C13H19NO3. The molecular weight excluding hydrogens is 218 g/mol. The highest BCUT2D eigenvalue weighted by atomic mass is 16.5. The van der Waals surface area contributed by atoms with Crippen molar-refractivity contribution in [3.05, 3.63) is 17.0 Å². The predicted molar refractivity (Wildman–Crippen MR) is 63.2 cm³/mol. The molecule has 1 aliphatic carbocycles. The van der Waals surface area contributed by atoms with Crippen molar-refractivity contribution in [2.75, 3.05) is 0 Å². The van der Waals surface area contributed by atoms with Crippen molar-refractivity contribution in [1.82, 2.24) is 5.16 Å². The molecule has 4 nitrogen and oxygen atoms in total. The number of hydrogen-bond donors (Lipinski definition) is 1. The first kappa shape index (κ1) is 12.1. The molecule has 0 spiro atoms. The quantitative estimate of drug-likeness (QED) is 0.876. The van der Waals surface area contributed by atoms with Crippen LogP contribution in [0.3, 0.4) is 0 Å². The minimum Gasteiger partial charge on any atom is -0.477 e. The third kappa shape index (κ3) is 2.35. The largest absolute Gasteiger partial charge is 0.477 e. The molecule has 1 aromatic heterocycles. The molecule has 1 heterocycles. The molecule has 0 aliphatic heterocycles. The van der Waals surface area contributed by atoms with Crippen molar-refractivity contribution in [1.29, 1.82) is 0 Å². The Hall–Kier alpha value is -1.32. The van der Waals surface area contributed by atoms with E-state index >= 15 is 0 Å². The lowest BCUT2D eigenvalue weighted by Crippen LogP contribution is -2.14. The van der Waals surface area contributed by atoms with E-state index in [1.165, 1.54) is 0 Å². The molecule has 1 aromatic rings. The average Bonchev–Trinajstić information content (AvgIpc) is 2.73. The number of aromatic carboxylic acids is 1. The summed E-state index contributed by atoms with van der Waals surface area (Å²) < 4.78 is 5.16. The molecule has 17 heavy (non-hydrogen) atoms. The molecule has 0 aromatic carbocycles. The van der Waals surface area contributed by atoms with Gasteiger partial charge in [-0.3, -0.25) is 0 Å². The summed E-state index contributed by atoms with van der Waals surface area (Å²) in [7, 11) is 0. The zero-order chi connectivity index (χ0) is 12.4. The van der Waals surface area contributed by atoms with Crippen molar-refractivity contribution in [3.8, 4) is 0 Å². The topological polar surface area (TPSA) is 63.3 Å². The fourth-order valence-electron chi connectivity index (χ4n) is 2.62. The standard InChI is InChI=1S/C13H19NO3/c1-3-10-11(13(15)16)12(14-17-10)9-6-4-8(2)5-7-9/h8-9H,3-7H2,1-2H3,(H,15,16). The maximum absolute atomic E-state index is 11.3. The third-order valence-electron chi connectivity index (χ3n) is 3.73. The summed E-state index contributed by atoms with van der Waals surface area (Å²) in [5, 5.41) is 13.3. The maximum Gasteiger partial charge on any atom is 0.341 e. The third-order valence-corrected chi connectivity index (χ3v) is 3.73. The van der Waals surface area contributed by atoms with Gasteiger partial charge in [0, 0.05) is 12.3 Å². The Labute approximate surface area is 101 Å². The first-order chi connectivity index (χ1) is 8.13. The van der Waals surface area contributed by atoms with Gasteiger partial charge in [-0.2, -0.15) is 0 Å². The number of carboxylic acid groups (broad SMARTS) is 1. The minimum atomic E-state index is -0.906. The molecule has 1 N–H and O–H groups in total. The number of aromatic nitrogens is 1. The van der Waals surface area contributed by atoms with Crippen LogP contribution in [0.2, 0.25) is 0 Å². The molecule has 94 valence electrons. The van der Waals surface area contributed by atoms with Crippen LogP contribution in [0.4, 0.5) is 0 Å². The number of nitrogens with zero attached hydrogens (tertiary/aromatic N) is 1. The van der Waals surface area contributed by atoms with Crippen LogP contribution >= 0.6 is 0 Å². The highest BCUT2D eigenvalue weighted by molar-refractivity contribution is 5.90. The lowest BCUT2D eigenvalue weighted by Gasteiger charge is -2.24. The summed E-state index contributed by atoms with van der Waals surface area (Å²) in [5.41, 5.74) is 0.980. The summed E-state index contributed by atoms with van der Waals surface area (Å²) in [5.74, 6) is 0.612. The van der Waals surface area contributed by atoms with Gasteiger partial charge in [0.1, 0.15) is 11.3 Å². The van der Waals surface area contributed by atoms with Gasteiger partial charge in [0.05, 0.1) is 0 Å². The Kier molecular flexibility index (Phi) is 3.50. The Morgan fingerprint density at radius 3 is 2.59 bits per heavy atom. The summed E-state index contributed by atoms with van der Waals surface area (Å²) in [4.78, 5) is 11.3. The van der Waals surface area contributed by atoms with Crippen LogP contribution in [0.1, 0.15) is 67.3 Å². The van der Waals surface area contributed by atoms with E-state index in [4.69, 9.17) is 4.52 Å². The second-order valence-electron chi connectivity index (χ2n) is 4.98. The zero-order valence-corrected chi connectivity index (χ0v) is 10.4. The van der Waals surface area contributed by atoms with Crippen molar-refractivity contribution < 1.29 is 14.4 Å². The fourth-order valence-corrected chi connectivity index (χ4v) is 2.62. The SMILES string of the molecule is CCc1onc(C2CCC(C)CC2)c1C(=O)O. The van der Waals surface area contributed by atoms with Gasteiger partial charge in [0.25, 0.3) is 0 Å². The molecule has 0 amide bonds. The van der Waals surface area contributed by atoms with E-state index in [1.807, 2.05) is 6.92 Å². The predicted octanol–water partition coefficient (Wildman–Crippen LogP) is 3.23. The molecule has 0 bridgehead atoms. The van der Waals surface area contributed by atoms with Gasteiger partial charge >= 0.3 is 5.97 Å². The Balaban J connectivity index is 2.26. The van der Waals surface area contributed by atoms with Gasteiger partial charge in [-0.25, -0.2) is 4.79 Å². The average molecular weight is 237 g/mol. The Morgan fingerprint density at radius 2 is 2.06 bits per heavy atom. The van der Waals surface area contributed by atoms with Gasteiger partial charge < -0.3 is 9.63 Å². The summed E-state index contributed by atoms with van der Waals surface area (Å²) in [6, 6.07) is 0. The first-order valence-electron chi connectivity index (χ1n) is 6.35. The molecule has 0 radical (unpaired) electrons. The summed E-state index contributed by atoms with van der Waals surface area (Å²) in [6.45, 7) is 4.13. The molecule has 0 saturated heterocycles. The number of aryl methyl sites for hydroxylation is 1. The molecule has 4 heteroatoms. The van der Waals surface area contributed by atoms with Gasteiger partial charge in [-0.05, 0) is 18.8 Å². The van der Waals surface area contributed by atoms with Crippen LogP contribution in [-0.2, 0) is 6.42 Å². The second kappa shape index (κ2) is 4.90. The van der Waals surface area contributed by atoms with Gasteiger partial charge in [0.15, 0.2) is 5.76 Å². The van der Waals surface area contributed by atoms with Gasteiger partial charge in [-0.15, -0.1) is 0 Å². The van der Waals surface area contributed by atoms with E-state index in [0.717, 1.165) is 31.6 Å².